The SMILES string of the molecule is Cc1cccc(NC(=O)OC(C)(C)C)c1C=N. The Morgan fingerprint density at radius 2 is 2.06 bits per heavy atom. The smallest absolute Gasteiger partial charge is 0.412 e. The molecular weight excluding hydrogens is 216 g/mol. The molecule has 2 N–H and O–H groups in total. The van der Waals surface area contributed by atoms with Crippen molar-refractivity contribution in [2.45, 2.75) is 33.3 Å². The van der Waals surface area contributed by atoms with Gasteiger partial charge in [0.05, 0.1) is 5.69 Å². The number of carbonyl (C=O) groups is 1. The molecular formula is C13H18N2O2. The topological polar surface area (TPSA) is 62.2 Å². The quantitative estimate of drug-likeness (QED) is 0.771. The summed E-state index contributed by atoms with van der Waals surface area (Å²) in [4.78, 5) is 11.6. The van der Waals surface area contributed by atoms with Gasteiger partial charge in [0, 0.05) is 11.8 Å². The van der Waals surface area contributed by atoms with Gasteiger partial charge in [-0.2, -0.15) is 0 Å². The predicted octanol–water partition coefficient (Wildman–Crippen LogP) is 3.34. The summed E-state index contributed by atoms with van der Waals surface area (Å²) in [7, 11) is 0. The van der Waals surface area contributed by atoms with Crippen molar-refractivity contribution in [2.75, 3.05) is 5.32 Å². The highest BCUT2D eigenvalue weighted by atomic mass is 16.6. The Labute approximate surface area is 101 Å². The fraction of sp³-hybridized carbons (Fsp3) is 0.385. The maximum absolute atomic E-state index is 11.6. The molecule has 0 saturated heterocycles. The molecule has 0 unspecified atom stereocenters. The molecule has 4 nitrogen and oxygen atoms in total. The Kier molecular flexibility index (Phi) is 3.89. The van der Waals surface area contributed by atoms with Crippen molar-refractivity contribution in [3.63, 3.8) is 0 Å². The molecule has 1 aromatic rings. The minimum absolute atomic E-state index is 0.508. The summed E-state index contributed by atoms with van der Waals surface area (Å²) >= 11 is 0. The number of nitrogens with one attached hydrogen (secondary N) is 2. The Morgan fingerprint density at radius 1 is 1.41 bits per heavy atom. The van der Waals surface area contributed by atoms with Crippen LogP contribution in [0.25, 0.3) is 0 Å². The number of anilines is 1. The second-order valence-electron chi connectivity index (χ2n) is 4.81. The largest absolute Gasteiger partial charge is 0.444 e. The van der Waals surface area contributed by atoms with Gasteiger partial charge in [0.2, 0.25) is 0 Å². The molecule has 0 aliphatic rings. The van der Waals surface area contributed by atoms with Crippen LogP contribution in [0.3, 0.4) is 0 Å². The summed E-state index contributed by atoms with van der Waals surface area (Å²) in [5.74, 6) is 0. The van der Waals surface area contributed by atoms with Crippen molar-refractivity contribution >= 4 is 18.0 Å². The first-order valence-electron chi connectivity index (χ1n) is 5.43. The third kappa shape index (κ3) is 3.90. The summed E-state index contributed by atoms with van der Waals surface area (Å²) in [6, 6.07) is 5.47. The van der Waals surface area contributed by atoms with E-state index in [1.165, 1.54) is 6.21 Å². The van der Waals surface area contributed by atoms with Gasteiger partial charge in [-0.15, -0.1) is 0 Å². The highest BCUT2D eigenvalue weighted by molar-refractivity contribution is 5.95. The number of rotatable bonds is 2. The average Bonchev–Trinajstić information content (AvgIpc) is 2.14. The van der Waals surface area contributed by atoms with Crippen molar-refractivity contribution in [3.8, 4) is 0 Å². The Bertz CT molecular complexity index is 434. The van der Waals surface area contributed by atoms with E-state index in [2.05, 4.69) is 5.32 Å². The van der Waals surface area contributed by atoms with E-state index in [1.54, 1.807) is 26.8 Å². The molecule has 0 bridgehead atoms. The predicted molar refractivity (Wildman–Crippen MR) is 68.9 cm³/mol. The monoisotopic (exact) mass is 234 g/mol. The van der Waals surface area contributed by atoms with Crippen molar-refractivity contribution in [3.05, 3.63) is 29.3 Å². The van der Waals surface area contributed by atoms with Gasteiger partial charge in [0.15, 0.2) is 0 Å². The molecule has 1 amide bonds. The highest BCUT2D eigenvalue weighted by Gasteiger charge is 2.17. The fourth-order valence-electron chi connectivity index (χ4n) is 1.39. The molecule has 0 aromatic heterocycles. The van der Waals surface area contributed by atoms with Crippen LogP contribution in [-0.4, -0.2) is 17.9 Å². The van der Waals surface area contributed by atoms with Crippen molar-refractivity contribution in [2.24, 2.45) is 0 Å². The number of benzene rings is 1. The zero-order valence-corrected chi connectivity index (χ0v) is 10.6. The molecule has 0 spiro atoms. The third-order valence-electron chi connectivity index (χ3n) is 2.10. The van der Waals surface area contributed by atoms with Crippen LogP contribution in [0.2, 0.25) is 0 Å². The molecule has 0 fully saturated rings. The van der Waals surface area contributed by atoms with Crippen LogP contribution in [0, 0.1) is 12.3 Å². The first kappa shape index (κ1) is 13.2. The maximum atomic E-state index is 11.6. The molecule has 92 valence electrons. The first-order chi connectivity index (χ1) is 7.83. The number of aryl methyl sites for hydroxylation is 1. The van der Waals surface area contributed by atoms with E-state index in [1.807, 2.05) is 19.1 Å². The van der Waals surface area contributed by atoms with Gasteiger partial charge >= 0.3 is 6.09 Å². The minimum Gasteiger partial charge on any atom is -0.444 e. The number of hydrogen-bond acceptors (Lipinski definition) is 3. The summed E-state index contributed by atoms with van der Waals surface area (Å²) < 4.78 is 5.16. The molecule has 0 aliphatic carbocycles. The van der Waals surface area contributed by atoms with Gasteiger partial charge in [-0.1, -0.05) is 12.1 Å². The molecule has 0 heterocycles. The van der Waals surface area contributed by atoms with Crippen LogP contribution in [0.15, 0.2) is 18.2 Å². The summed E-state index contributed by atoms with van der Waals surface area (Å²) in [5, 5.41) is 9.98. The van der Waals surface area contributed by atoms with Crippen LogP contribution in [0.1, 0.15) is 31.9 Å². The molecule has 0 saturated carbocycles. The number of hydrogen-bond donors (Lipinski definition) is 2. The molecule has 17 heavy (non-hydrogen) atoms. The van der Waals surface area contributed by atoms with Gasteiger partial charge in [0.25, 0.3) is 0 Å². The number of amides is 1. The Morgan fingerprint density at radius 3 is 2.59 bits per heavy atom. The van der Waals surface area contributed by atoms with Gasteiger partial charge in [0.1, 0.15) is 5.60 Å². The molecule has 0 aliphatic heterocycles. The Hall–Kier alpha value is -1.84. The summed E-state index contributed by atoms with van der Waals surface area (Å²) in [5.41, 5.74) is 1.69. The van der Waals surface area contributed by atoms with E-state index in [4.69, 9.17) is 10.1 Å². The van der Waals surface area contributed by atoms with Crippen molar-refractivity contribution in [1.29, 1.82) is 5.41 Å². The van der Waals surface area contributed by atoms with E-state index < -0.39 is 11.7 Å². The number of carbonyl (C=O) groups excluding carboxylic acids is 1. The molecule has 4 heteroatoms. The number of ether oxygens (including phenoxy) is 1. The second-order valence-corrected chi connectivity index (χ2v) is 4.81. The highest BCUT2D eigenvalue weighted by Crippen LogP contribution is 2.18. The zero-order chi connectivity index (χ0) is 13.1. The van der Waals surface area contributed by atoms with Gasteiger partial charge in [-0.05, 0) is 39.3 Å². The van der Waals surface area contributed by atoms with Gasteiger partial charge in [-0.3, -0.25) is 5.32 Å². The van der Waals surface area contributed by atoms with E-state index in [0.29, 0.717) is 11.3 Å². The van der Waals surface area contributed by atoms with Crippen LogP contribution in [0.5, 0.6) is 0 Å². The Balaban J connectivity index is 2.85. The second kappa shape index (κ2) is 4.99. The molecule has 1 rings (SSSR count). The average molecular weight is 234 g/mol. The van der Waals surface area contributed by atoms with E-state index in [9.17, 15) is 4.79 Å². The van der Waals surface area contributed by atoms with E-state index >= 15 is 0 Å². The lowest BCUT2D eigenvalue weighted by atomic mass is 10.1. The van der Waals surface area contributed by atoms with E-state index in [-0.39, 0.29) is 0 Å². The molecule has 0 atom stereocenters. The molecule has 0 radical (unpaired) electrons. The van der Waals surface area contributed by atoms with Crippen LogP contribution < -0.4 is 5.32 Å². The third-order valence-corrected chi connectivity index (χ3v) is 2.10. The molecule has 1 aromatic carbocycles. The van der Waals surface area contributed by atoms with Crippen LogP contribution in [0.4, 0.5) is 10.5 Å². The first-order valence-corrected chi connectivity index (χ1v) is 5.43. The lowest BCUT2D eigenvalue weighted by Gasteiger charge is -2.20. The minimum atomic E-state index is -0.529. The summed E-state index contributed by atoms with van der Waals surface area (Å²) in [6.45, 7) is 7.31. The van der Waals surface area contributed by atoms with Crippen molar-refractivity contribution < 1.29 is 9.53 Å². The standard InChI is InChI=1S/C13H18N2O2/c1-9-6-5-7-11(10(9)8-14)15-12(16)17-13(2,3)4/h5-8,14H,1-4H3,(H,15,16). The normalized spacial score (nSPS) is 10.8. The maximum Gasteiger partial charge on any atom is 0.412 e. The zero-order valence-electron chi connectivity index (χ0n) is 10.6. The van der Waals surface area contributed by atoms with Gasteiger partial charge < -0.3 is 10.1 Å². The van der Waals surface area contributed by atoms with Crippen LogP contribution >= 0.6 is 0 Å². The fourth-order valence-corrected chi connectivity index (χ4v) is 1.39. The summed E-state index contributed by atoms with van der Waals surface area (Å²) in [6.07, 6.45) is 0.716. The van der Waals surface area contributed by atoms with Crippen LogP contribution in [-0.2, 0) is 4.74 Å². The van der Waals surface area contributed by atoms with Gasteiger partial charge in [-0.25, -0.2) is 4.79 Å². The van der Waals surface area contributed by atoms with Crippen molar-refractivity contribution in [1.82, 2.24) is 0 Å². The van der Waals surface area contributed by atoms with E-state index in [0.717, 1.165) is 5.56 Å². The lowest BCUT2D eigenvalue weighted by Crippen LogP contribution is -2.27. The lowest BCUT2D eigenvalue weighted by molar-refractivity contribution is 0.0636.